The van der Waals surface area contributed by atoms with Gasteiger partial charge in [-0.25, -0.2) is 0 Å². The summed E-state index contributed by atoms with van der Waals surface area (Å²) in [6.07, 6.45) is 2.16. The highest BCUT2D eigenvalue weighted by atomic mass is 14.9. The SMILES string of the molecule is Cc1ccccc1Cn1ccc2ccccc21. The van der Waals surface area contributed by atoms with Crippen LogP contribution in [0.25, 0.3) is 10.9 Å². The average molecular weight is 221 g/mol. The van der Waals surface area contributed by atoms with E-state index in [1.807, 2.05) is 0 Å². The van der Waals surface area contributed by atoms with E-state index in [0.717, 1.165) is 6.54 Å². The molecule has 84 valence electrons. The summed E-state index contributed by atoms with van der Waals surface area (Å²) >= 11 is 0. The number of aryl methyl sites for hydroxylation is 1. The number of hydrogen-bond donors (Lipinski definition) is 0. The van der Waals surface area contributed by atoms with Gasteiger partial charge in [-0.15, -0.1) is 0 Å². The van der Waals surface area contributed by atoms with Crippen molar-refractivity contribution in [3.05, 3.63) is 71.9 Å². The van der Waals surface area contributed by atoms with Gasteiger partial charge in [-0.1, -0.05) is 42.5 Å². The van der Waals surface area contributed by atoms with Crippen molar-refractivity contribution in [2.75, 3.05) is 0 Å². The fraction of sp³-hybridized carbons (Fsp3) is 0.125. The van der Waals surface area contributed by atoms with Gasteiger partial charge in [-0.2, -0.15) is 0 Å². The van der Waals surface area contributed by atoms with Crippen LogP contribution < -0.4 is 0 Å². The van der Waals surface area contributed by atoms with Gasteiger partial charge in [0.1, 0.15) is 0 Å². The van der Waals surface area contributed by atoms with Crippen molar-refractivity contribution in [2.24, 2.45) is 0 Å². The molecule has 0 aliphatic heterocycles. The highest BCUT2D eigenvalue weighted by Gasteiger charge is 2.02. The van der Waals surface area contributed by atoms with Gasteiger partial charge in [0.25, 0.3) is 0 Å². The number of fused-ring (bicyclic) bond motifs is 1. The molecule has 1 aromatic heterocycles. The van der Waals surface area contributed by atoms with Crippen LogP contribution in [0.1, 0.15) is 11.1 Å². The molecule has 0 aliphatic rings. The van der Waals surface area contributed by atoms with Gasteiger partial charge < -0.3 is 4.57 Å². The molecule has 0 unspecified atom stereocenters. The lowest BCUT2D eigenvalue weighted by Gasteiger charge is -2.08. The third-order valence-corrected chi connectivity index (χ3v) is 3.28. The molecule has 0 N–H and O–H groups in total. The molecule has 0 bridgehead atoms. The molecule has 1 heterocycles. The maximum Gasteiger partial charge on any atom is 0.0483 e. The van der Waals surface area contributed by atoms with Crippen LogP contribution in [-0.2, 0) is 6.54 Å². The Morgan fingerprint density at radius 2 is 1.65 bits per heavy atom. The molecule has 1 nitrogen and oxygen atoms in total. The molecular weight excluding hydrogens is 206 g/mol. The molecule has 17 heavy (non-hydrogen) atoms. The molecule has 0 radical (unpaired) electrons. The van der Waals surface area contributed by atoms with Crippen molar-refractivity contribution in [1.82, 2.24) is 4.57 Å². The Labute approximate surface area is 101 Å². The lowest BCUT2D eigenvalue weighted by atomic mass is 10.1. The van der Waals surface area contributed by atoms with E-state index in [0.29, 0.717) is 0 Å². The molecule has 0 saturated heterocycles. The van der Waals surface area contributed by atoms with Crippen molar-refractivity contribution in [3.63, 3.8) is 0 Å². The van der Waals surface area contributed by atoms with Gasteiger partial charge in [0.2, 0.25) is 0 Å². The molecule has 0 fully saturated rings. The molecule has 0 amide bonds. The van der Waals surface area contributed by atoms with Crippen LogP contribution in [0.5, 0.6) is 0 Å². The summed E-state index contributed by atoms with van der Waals surface area (Å²) in [4.78, 5) is 0. The number of benzene rings is 2. The van der Waals surface area contributed by atoms with Crippen molar-refractivity contribution >= 4 is 10.9 Å². The summed E-state index contributed by atoms with van der Waals surface area (Å²) in [7, 11) is 0. The van der Waals surface area contributed by atoms with E-state index >= 15 is 0 Å². The highest BCUT2D eigenvalue weighted by Crippen LogP contribution is 2.17. The van der Waals surface area contributed by atoms with Gasteiger partial charge in [0.05, 0.1) is 0 Å². The molecule has 0 aliphatic carbocycles. The predicted molar refractivity (Wildman–Crippen MR) is 72.2 cm³/mol. The molecule has 2 aromatic carbocycles. The smallest absolute Gasteiger partial charge is 0.0483 e. The lowest BCUT2D eigenvalue weighted by molar-refractivity contribution is 0.830. The van der Waals surface area contributed by atoms with Crippen molar-refractivity contribution < 1.29 is 0 Å². The minimum absolute atomic E-state index is 0.945. The lowest BCUT2D eigenvalue weighted by Crippen LogP contribution is -1.99. The summed E-state index contributed by atoms with van der Waals surface area (Å²) in [5.41, 5.74) is 4.04. The number of para-hydroxylation sites is 1. The molecule has 3 aromatic rings. The normalized spacial score (nSPS) is 10.9. The Morgan fingerprint density at radius 1 is 0.882 bits per heavy atom. The molecule has 0 atom stereocenters. The second-order valence-electron chi connectivity index (χ2n) is 4.43. The van der Waals surface area contributed by atoms with E-state index in [1.165, 1.54) is 22.0 Å². The fourth-order valence-corrected chi connectivity index (χ4v) is 2.25. The van der Waals surface area contributed by atoms with E-state index in [9.17, 15) is 0 Å². The number of nitrogens with zero attached hydrogens (tertiary/aromatic N) is 1. The maximum absolute atomic E-state index is 2.30. The van der Waals surface area contributed by atoms with Gasteiger partial charge >= 0.3 is 0 Å². The van der Waals surface area contributed by atoms with Crippen LogP contribution in [0.15, 0.2) is 60.8 Å². The third-order valence-electron chi connectivity index (χ3n) is 3.28. The van der Waals surface area contributed by atoms with E-state index in [2.05, 4.69) is 72.3 Å². The van der Waals surface area contributed by atoms with E-state index in [-0.39, 0.29) is 0 Å². The topological polar surface area (TPSA) is 4.93 Å². The summed E-state index contributed by atoms with van der Waals surface area (Å²) in [5, 5.41) is 1.31. The molecule has 3 rings (SSSR count). The highest BCUT2D eigenvalue weighted by molar-refractivity contribution is 5.80. The Bertz CT molecular complexity index is 649. The van der Waals surface area contributed by atoms with Crippen LogP contribution in [0.3, 0.4) is 0 Å². The second kappa shape index (κ2) is 4.10. The van der Waals surface area contributed by atoms with Crippen molar-refractivity contribution in [2.45, 2.75) is 13.5 Å². The second-order valence-corrected chi connectivity index (χ2v) is 4.43. The Morgan fingerprint density at radius 3 is 2.53 bits per heavy atom. The van der Waals surface area contributed by atoms with E-state index in [1.54, 1.807) is 0 Å². The minimum Gasteiger partial charge on any atom is -0.343 e. The fourth-order valence-electron chi connectivity index (χ4n) is 2.25. The summed E-state index contributed by atoms with van der Waals surface area (Å²) in [6.45, 7) is 3.11. The quantitative estimate of drug-likeness (QED) is 0.616. The number of rotatable bonds is 2. The number of hydrogen-bond acceptors (Lipinski definition) is 0. The Hall–Kier alpha value is -2.02. The Balaban J connectivity index is 2.03. The van der Waals surface area contributed by atoms with E-state index in [4.69, 9.17) is 0 Å². The van der Waals surface area contributed by atoms with Crippen LogP contribution in [-0.4, -0.2) is 4.57 Å². The molecular formula is C16H15N. The first-order valence-electron chi connectivity index (χ1n) is 5.93. The van der Waals surface area contributed by atoms with Crippen LogP contribution in [0.2, 0.25) is 0 Å². The van der Waals surface area contributed by atoms with Gasteiger partial charge in [-0.3, -0.25) is 0 Å². The first-order valence-corrected chi connectivity index (χ1v) is 5.93. The summed E-state index contributed by atoms with van der Waals surface area (Å²) in [6, 6.07) is 19.2. The first kappa shape index (κ1) is 10.2. The Kier molecular flexibility index (Phi) is 2.45. The zero-order valence-electron chi connectivity index (χ0n) is 9.93. The third kappa shape index (κ3) is 1.84. The van der Waals surface area contributed by atoms with Gasteiger partial charge in [0, 0.05) is 18.3 Å². The van der Waals surface area contributed by atoms with E-state index < -0.39 is 0 Å². The van der Waals surface area contributed by atoms with Crippen LogP contribution in [0.4, 0.5) is 0 Å². The van der Waals surface area contributed by atoms with Gasteiger partial charge in [0.15, 0.2) is 0 Å². The summed E-state index contributed by atoms with van der Waals surface area (Å²) < 4.78 is 2.30. The van der Waals surface area contributed by atoms with Crippen molar-refractivity contribution in [1.29, 1.82) is 0 Å². The standard InChI is InChI=1S/C16H15N/c1-13-6-2-3-8-15(13)12-17-11-10-14-7-4-5-9-16(14)17/h2-11H,12H2,1H3. The average Bonchev–Trinajstić information content (AvgIpc) is 2.76. The minimum atomic E-state index is 0.945. The van der Waals surface area contributed by atoms with Crippen molar-refractivity contribution in [3.8, 4) is 0 Å². The molecule has 0 spiro atoms. The monoisotopic (exact) mass is 221 g/mol. The van der Waals surface area contributed by atoms with Crippen LogP contribution in [0, 0.1) is 6.92 Å². The van der Waals surface area contributed by atoms with Crippen LogP contribution >= 0.6 is 0 Å². The summed E-state index contributed by atoms with van der Waals surface area (Å²) in [5.74, 6) is 0. The maximum atomic E-state index is 2.30. The number of aromatic nitrogens is 1. The predicted octanol–water partition coefficient (Wildman–Crippen LogP) is 4.00. The zero-order valence-corrected chi connectivity index (χ0v) is 9.93. The van der Waals surface area contributed by atoms with Gasteiger partial charge in [-0.05, 0) is 35.6 Å². The molecule has 0 saturated carbocycles. The molecule has 1 heteroatoms. The first-order chi connectivity index (χ1) is 8.34. The largest absolute Gasteiger partial charge is 0.343 e. The zero-order chi connectivity index (χ0) is 11.7.